The number of nitrogens with one attached hydrogen (secondary N) is 1. The number of benzene rings is 3. The smallest absolute Gasteiger partial charge is 0.255 e. The Bertz CT molecular complexity index is 1260. The first-order valence-corrected chi connectivity index (χ1v) is 11.7. The Balaban J connectivity index is 1.54. The molecule has 0 aliphatic carbocycles. The molecule has 9 heteroatoms. The van der Waals surface area contributed by atoms with Crippen molar-refractivity contribution in [3.63, 3.8) is 0 Å². The van der Waals surface area contributed by atoms with Crippen LogP contribution in [0.15, 0.2) is 71.6 Å². The van der Waals surface area contributed by atoms with Gasteiger partial charge in [0.05, 0.1) is 12.0 Å². The molecule has 0 fully saturated rings. The van der Waals surface area contributed by atoms with Gasteiger partial charge in [0.25, 0.3) is 5.91 Å². The Kier molecular flexibility index (Phi) is 6.52. The summed E-state index contributed by atoms with van der Waals surface area (Å²) < 4.78 is 43.5. The number of fused-ring (bicyclic) bond motifs is 1. The fourth-order valence-corrected chi connectivity index (χ4v) is 4.64. The second-order valence-electron chi connectivity index (χ2n) is 7.41. The van der Waals surface area contributed by atoms with E-state index >= 15 is 0 Å². The van der Waals surface area contributed by atoms with Gasteiger partial charge in [-0.05, 0) is 42.5 Å². The van der Waals surface area contributed by atoms with Gasteiger partial charge in [-0.15, -0.1) is 0 Å². The van der Waals surface area contributed by atoms with Gasteiger partial charge < -0.3 is 19.5 Å². The van der Waals surface area contributed by atoms with Crippen molar-refractivity contribution in [3.8, 4) is 17.2 Å². The maximum atomic E-state index is 12.9. The lowest BCUT2D eigenvalue weighted by Crippen LogP contribution is -2.27. The molecule has 0 unspecified atom stereocenters. The molecule has 1 aliphatic heterocycles. The molecule has 0 saturated carbocycles. The zero-order valence-corrected chi connectivity index (χ0v) is 19.1. The van der Waals surface area contributed by atoms with Crippen LogP contribution in [0.2, 0.25) is 0 Å². The van der Waals surface area contributed by atoms with E-state index in [0.29, 0.717) is 47.3 Å². The zero-order chi connectivity index (χ0) is 23.4. The highest BCUT2D eigenvalue weighted by molar-refractivity contribution is 7.89. The monoisotopic (exact) mass is 468 g/mol. The first-order valence-electron chi connectivity index (χ1n) is 10.3. The summed E-state index contributed by atoms with van der Waals surface area (Å²) in [5.74, 6) is 1.35. The number of hydrogen-bond acceptors (Lipinski definition) is 6. The number of anilines is 1. The number of sulfonamides is 1. The third kappa shape index (κ3) is 4.94. The predicted octanol–water partition coefficient (Wildman–Crippen LogP) is 3.54. The van der Waals surface area contributed by atoms with Crippen LogP contribution in [0, 0.1) is 0 Å². The lowest BCUT2D eigenvalue weighted by atomic mass is 10.1. The molecular weight excluding hydrogens is 444 g/mol. The summed E-state index contributed by atoms with van der Waals surface area (Å²) in [5.41, 5.74) is 1.49. The maximum Gasteiger partial charge on any atom is 0.255 e. The maximum absolute atomic E-state index is 12.9. The number of methoxy groups -OCH3 is 1. The van der Waals surface area contributed by atoms with Crippen LogP contribution in [-0.4, -0.2) is 46.0 Å². The highest BCUT2D eigenvalue weighted by Crippen LogP contribution is 2.33. The van der Waals surface area contributed by atoms with Crippen LogP contribution >= 0.6 is 0 Å². The van der Waals surface area contributed by atoms with E-state index in [1.54, 1.807) is 66.7 Å². The summed E-state index contributed by atoms with van der Waals surface area (Å²) >= 11 is 0. The second-order valence-corrected chi connectivity index (χ2v) is 9.46. The van der Waals surface area contributed by atoms with Crippen molar-refractivity contribution >= 4 is 21.6 Å². The molecule has 4 rings (SSSR count). The Hall–Kier alpha value is -3.56. The van der Waals surface area contributed by atoms with Crippen LogP contribution in [0.5, 0.6) is 17.2 Å². The molecule has 0 saturated heterocycles. The topological polar surface area (TPSA) is 94.2 Å². The van der Waals surface area contributed by atoms with Crippen molar-refractivity contribution in [1.29, 1.82) is 0 Å². The van der Waals surface area contributed by atoms with Crippen LogP contribution in [0.4, 0.5) is 5.69 Å². The van der Waals surface area contributed by atoms with Gasteiger partial charge in [0.15, 0.2) is 11.5 Å². The molecule has 3 aromatic carbocycles. The molecular formula is C24H24N2O6S. The normalized spacial score (nSPS) is 12.9. The van der Waals surface area contributed by atoms with Crippen LogP contribution < -0.4 is 19.5 Å². The van der Waals surface area contributed by atoms with Crippen LogP contribution in [0.25, 0.3) is 0 Å². The summed E-state index contributed by atoms with van der Waals surface area (Å²) in [6.45, 7) is 0.971. The minimum Gasteiger partial charge on any atom is -0.496 e. The van der Waals surface area contributed by atoms with E-state index in [2.05, 4.69) is 5.32 Å². The molecule has 3 aromatic rings. The lowest BCUT2D eigenvalue weighted by Gasteiger charge is -2.20. The number of hydrogen-bond donors (Lipinski definition) is 1. The quantitative estimate of drug-likeness (QED) is 0.570. The molecule has 1 aliphatic rings. The fraction of sp³-hybridized carbons (Fsp3) is 0.208. The number of rotatable bonds is 7. The molecule has 33 heavy (non-hydrogen) atoms. The number of carbonyl (C=O) groups excluding carboxylic acids is 1. The van der Waals surface area contributed by atoms with E-state index in [0.717, 1.165) is 0 Å². The second kappa shape index (κ2) is 9.51. The van der Waals surface area contributed by atoms with Gasteiger partial charge in [0.1, 0.15) is 19.0 Å². The van der Waals surface area contributed by atoms with E-state index < -0.39 is 10.0 Å². The average molecular weight is 469 g/mol. The van der Waals surface area contributed by atoms with Crippen molar-refractivity contribution in [2.24, 2.45) is 0 Å². The molecule has 0 spiro atoms. The Labute approximate surface area is 192 Å². The van der Waals surface area contributed by atoms with Gasteiger partial charge in [-0.1, -0.05) is 18.2 Å². The average Bonchev–Trinajstić information content (AvgIpc) is 2.84. The molecule has 172 valence electrons. The lowest BCUT2D eigenvalue weighted by molar-refractivity contribution is 0.102. The first kappa shape index (κ1) is 22.6. The van der Waals surface area contributed by atoms with Crippen LogP contribution in [0.1, 0.15) is 15.9 Å². The molecule has 0 bridgehead atoms. The number of ether oxygens (including phenoxy) is 3. The van der Waals surface area contributed by atoms with Crippen molar-refractivity contribution < 1.29 is 27.4 Å². The minimum atomic E-state index is -3.70. The summed E-state index contributed by atoms with van der Waals surface area (Å²) in [4.78, 5) is 13.1. The molecule has 1 amide bonds. The Morgan fingerprint density at radius 3 is 2.45 bits per heavy atom. The van der Waals surface area contributed by atoms with Gasteiger partial charge in [-0.3, -0.25) is 4.79 Å². The van der Waals surface area contributed by atoms with Crippen LogP contribution in [0.3, 0.4) is 0 Å². The predicted molar refractivity (Wildman–Crippen MR) is 123 cm³/mol. The third-order valence-corrected chi connectivity index (χ3v) is 7.00. The van der Waals surface area contributed by atoms with E-state index in [1.807, 2.05) is 0 Å². The molecule has 0 radical (unpaired) electrons. The molecule has 1 heterocycles. The molecule has 0 aromatic heterocycles. The van der Waals surface area contributed by atoms with E-state index in [4.69, 9.17) is 14.2 Å². The Morgan fingerprint density at radius 2 is 1.73 bits per heavy atom. The summed E-state index contributed by atoms with van der Waals surface area (Å²) in [6.07, 6.45) is 0. The highest BCUT2D eigenvalue weighted by atomic mass is 32.2. The van der Waals surface area contributed by atoms with E-state index in [9.17, 15) is 13.2 Å². The zero-order valence-electron chi connectivity index (χ0n) is 18.3. The largest absolute Gasteiger partial charge is 0.496 e. The third-order valence-electron chi connectivity index (χ3n) is 5.19. The van der Waals surface area contributed by atoms with Crippen molar-refractivity contribution in [2.75, 3.05) is 32.7 Å². The van der Waals surface area contributed by atoms with Gasteiger partial charge in [0, 0.05) is 36.5 Å². The summed E-state index contributed by atoms with van der Waals surface area (Å²) in [6, 6.07) is 18.3. The van der Waals surface area contributed by atoms with Gasteiger partial charge in [-0.25, -0.2) is 8.42 Å². The SMILES string of the molecule is COc1ccc(C(=O)Nc2ccc3c(c2)OCCO3)cc1CN(C)S(=O)(=O)c1ccccc1. The molecule has 1 N–H and O–H groups in total. The standard InChI is InChI=1S/C24H24N2O6S/c1-26(33(28,29)20-6-4-3-5-7-20)16-18-14-17(8-10-21(18)30-2)24(27)25-19-9-11-22-23(15-19)32-13-12-31-22/h3-11,14-15H,12-13,16H2,1-2H3,(H,25,27). The van der Waals surface area contributed by atoms with E-state index in [1.165, 1.54) is 18.5 Å². The van der Waals surface area contributed by atoms with Gasteiger partial charge >= 0.3 is 0 Å². The van der Waals surface area contributed by atoms with Crippen LogP contribution in [-0.2, 0) is 16.6 Å². The highest BCUT2D eigenvalue weighted by Gasteiger charge is 2.22. The van der Waals surface area contributed by atoms with Crippen molar-refractivity contribution in [2.45, 2.75) is 11.4 Å². The fourth-order valence-electron chi connectivity index (χ4n) is 3.47. The first-order chi connectivity index (χ1) is 15.9. The Morgan fingerprint density at radius 1 is 1.00 bits per heavy atom. The molecule has 0 atom stereocenters. The van der Waals surface area contributed by atoms with Gasteiger partial charge in [0.2, 0.25) is 10.0 Å². The minimum absolute atomic E-state index is 0.0333. The summed E-state index contributed by atoms with van der Waals surface area (Å²) in [5, 5.41) is 2.84. The van der Waals surface area contributed by atoms with Gasteiger partial charge in [-0.2, -0.15) is 4.31 Å². The van der Waals surface area contributed by atoms with Crippen molar-refractivity contribution in [3.05, 3.63) is 77.9 Å². The molecule has 8 nitrogen and oxygen atoms in total. The number of carbonyl (C=O) groups is 1. The van der Waals surface area contributed by atoms with E-state index in [-0.39, 0.29) is 17.3 Å². The number of nitrogens with zero attached hydrogens (tertiary/aromatic N) is 1. The van der Waals surface area contributed by atoms with Crippen molar-refractivity contribution in [1.82, 2.24) is 4.31 Å². The summed E-state index contributed by atoms with van der Waals surface area (Å²) in [7, 11) is -0.712. The number of amides is 1.